The van der Waals surface area contributed by atoms with Crippen molar-refractivity contribution in [2.75, 3.05) is 6.61 Å². The second kappa shape index (κ2) is 17.1. The first-order valence-corrected chi connectivity index (χ1v) is 8.59. The Labute approximate surface area is 115 Å². The SMILES string of the molecule is CCCCCCCCCCCCCCCOP=O. The highest BCUT2D eigenvalue weighted by Crippen LogP contribution is 2.12. The molecule has 0 aromatic heterocycles. The van der Waals surface area contributed by atoms with Crippen molar-refractivity contribution in [2.24, 2.45) is 0 Å². The first-order valence-electron chi connectivity index (χ1n) is 7.86. The van der Waals surface area contributed by atoms with Crippen LogP contribution in [-0.4, -0.2) is 6.61 Å². The molecular weight excluding hydrogens is 243 g/mol. The Morgan fingerprint density at radius 3 is 1.44 bits per heavy atom. The van der Waals surface area contributed by atoms with E-state index in [1.807, 2.05) is 0 Å². The van der Waals surface area contributed by atoms with Crippen molar-refractivity contribution in [3.8, 4) is 0 Å². The van der Waals surface area contributed by atoms with Crippen molar-refractivity contribution in [3.63, 3.8) is 0 Å². The third-order valence-corrected chi connectivity index (χ3v) is 3.68. The summed E-state index contributed by atoms with van der Waals surface area (Å²) in [7, 11) is -0.173. The van der Waals surface area contributed by atoms with Crippen LogP contribution in [-0.2, 0) is 9.09 Å². The van der Waals surface area contributed by atoms with Gasteiger partial charge in [0, 0.05) is 0 Å². The van der Waals surface area contributed by atoms with Crippen molar-refractivity contribution in [1.82, 2.24) is 0 Å². The highest BCUT2D eigenvalue weighted by Gasteiger charge is 1.93. The van der Waals surface area contributed by atoms with E-state index in [1.54, 1.807) is 0 Å². The van der Waals surface area contributed by atoms with Gasteiger partial charge in [-0.05, 0) is 6.42 Å². The summed E-state index contributed by atoms with van der Waals surface area (Å²) >= 11 is 0. The lowest BCUT2D eigenvalue weighted by Gasteiger charge is -2.02. The average molecular weight is 274 g/mol. The quantitative estimate of drug-likeness (QED) is 0.259. The van der Waals surface area contributed by atoms with E-state index in [2.05, 4.69) is 6.92 Å². The van der Waals surface area contributed by atoms with Crippen LogP contribution in [0.5, 0.6) is 0 Å². The lowest BCUT2D eigenvalue weighted by Crippen LogP contribution is -1.86. The molecule has 0 aromatic carbocycles. The zero-order valence-corrected chi connectivity index (χ0v) is 13.1. The normalized spacial score (nSPS) is 11.2. The summed E-state index contributed by atoms with van der Waals surface area (Å²) < 4.78 is 14.7. The standard InChI is InChI=1S/C15H31O2P/c1-2-3-4-5-6-7-8-9-10-11-12-13-14-15-17-18-16/h2-15H2,1H3. The monoisotopic (exact) mass is 274 g/mol. The molecular formula is C15H31O2P. The fraction of sp³-hybridized carbons (Fsp3) is 1.00. The van der Waals surface area contributed by atoms with Crippen molar-refractivity contribution in [2.45, 2.75) is 90.4 Å². The van der Waals surface area contributed by atoms with E-state index in [-0.39, 0.29) is 8.69 Å². The molecule has 0 aromatic rings. The number of unbranched alkanes of at least 4 members (excludes halogenated alkanes) is 12. The van der Waals surface area contributed by atoms with Gasteiger partial charge in [-0.2, -0.15) is 0 Å². The molecule has 0 aliphatic rings. The maximum absolute atomic E-state index is 10.00. The van der Waals surface area contributed by atoms with Crippen LogP contribution in [0.4, 0.5) is 0 Å². The summed E-state index contributed by atoms with van der Waals surface area (Å²) in [5.41, 5.74) is 0. The molecule has 0 saturated carbocycles. The Bertz CT molecular complexity index is 163. The predicted molar refractivity (Wildman–Crippen MR) is 79.3 cm³/mol. The van der Waals surface area contributed by atoms with Crippen LogP contribution in [0.1, 0.15) is 90.4 Å². The fourth-order valence-electron chi connectivity index (χ4n) is 2.22. The molecule has 108 valence electrons. The summed E-state index contributed by atoms with van der Waals surface area (Å²) in [6.45, 7) is 2.91. The molecule has 0 saturated heterocycles. The first kappa shape index (κ1) is 18.1. The second-order valence-corrected chi connectivity index (χ2v) is 5.56. The Hall–Kier alpha value is 0.0600. The second-order valence-electron chi connectivity index (χ2n) is 5.15. The molecule has 0 aliphatic carbocycles. The highest BCUT2D eigenvalue weighted by molar-refractivity contribution is 7.17. The minimum absolute atomic E-state index is 0.173. The van der Waals surface area contributed by atoms with Gasteiger partial charge in [0.05, 0.1) is 6.61 Å². The van der Waals surface area contributed by atoms with Gasteiger partial charge in [0.2, 0.25) is 0 Å². The van der Waals surface area contributed by atoms with Crippen molar-refractivity contribution < 1.29 is 9.09 Å². The lowest BCUT2D eigenvalue weighted by molar-refractivity contribution is 0.328. The molecule has 0 atom stereocenters. The third-order valence-electron chi connectivity index (χ3n) is 3.39. The highest BCUT2D eigenvalue weighted by atomic mass is 31.1. The van der Waals surface area contributed by atoms with E-state index in [1.165, 1.54) is 77.0 Å². The van der Waals surface area contributed by atoms with Gasteiger partial charge < -0.3 is 0 Å². The molecule has 0 N–H and O–H groups in total. The molecule has 18 heavy (non-hydrogen) atoms. The largest absolute Gasteiger partial charge is 0.327 e. The van der Waals surface area contributed by atoms with Crippen LogP contribution in [0.3, 0.4) is 0 Å². The van der Waals surface area contributed by atoms with Crippen LogP contribution >= 0.6 is 8.69 Å². The zero-order valence-electron chi connectivity index (χ0n) is 12.2. The molecule has 0 radical (unpaired) electrons. The topological polar surface area (TPSA) is 26.3 Å². The summed E-state index contributed by atoms with van der Waals surface area (Å²) in [5, 5.41) is 0. The molecule has 2 nitrogen and oxygen atoms in total. The van der Waals surface area contributed by atoms with E-state index in [9.17, 15) is 4.57 Å². The van der Waals surface area contributed by atoms with Gasteiger partial charge in [-0.25, -0.2) is 4.57 Å². The Morgan fingerprint density at radius 1 is 0.667 bits per heavy atom. The molecule has 0 unspecified atom stereocenters. The molecule has 0 aliphatic heterocycles. The van der Waals surface area contributed by atoms with E-state index >= 15 is 0 Å². The summed E-state index contributed by atoms with van der Waals surface area (Å²) in [6.07, 6.45) is 17.6. The van der Waals surface area contributed by atoms with Crippen molar-refractivity contribution in [3.05, 3.63) is 0 Å². The summed E-state index contributed by atoms with van der Waals surface area (Å²) in [6, 6.07) is 0. The average Bonchev–Trinajstić information content (AvgIpc) is 2.39. The van der Waals surface area contributed by atoms with Crippen LogP contribution in [0.15, 0.2) is 0 Å². The van der Waals surface area contributed by atoms with E-state index < -0.39 is 0 Å². The smallest absolute Gasteiger partial charge is 0.294 e. The van der Waals surface area contributed by atoms with E-state index in [0.717, 1.165) is 6.42 Å². The molecule has 3 heteroatoms. The Kier molecular flexibility index (Phi) is 17.1. The van der Waals surface area contributed by atoms with Crippen molar-refractivity contribution in [1.29, 1.82) is 0 Å². The molecule has 0 heterocycles. The van der Waals surface area contributed by atoms with Gasteiger partial charge in [0.15, 0.2) is 0 Å². The maximum atomic E-state index is 10.00. The number of hydrogen-bond donors (Lipinski definition) is 0. The minimum atomic E-state index is -0.173. The van der Waals surface area contributed by atoms with Gasteiger partial charge in [0.25, 0.3) is 0 Å². The summed E-state index contributed by atoms with van der Waals surface area (Å²) in [5.74, 6) is 0. The zero-order chi connectivity index (χ0) is 13.3. The van der Waals surface area contributed by atoms with Crippen LogP contribution in [0.2, 0.25) is 0 Å². The fourth-order valence-corrected chi connectivity index (χ4v) is 2.43. The maximum Gasteiger partial charge on any atom is 0.327 e. The third kappa shape index (κ3) is 16.1. The van der Waals surface area contributed by atoms with Crippen molar-refractivity contribution >= 4 is 8.69 Å². The minimum Gasteiger partial charge on any atom is -0.294 e. The summed E-state index contributed by atoms with van der Waals surface area (Å²) in [4.78, 5) is 0. The van der Waals surface area contributed by atoms with Gasteiger partial charge in [-0.15, -0.1) is 0 Å². The van der Waals surface area contributed by atoms with Gasteiger partial charge >= 0.3 is 8.69 Å². The van der Waals surface area contributed by atoms with Gasteiger partial charge in [-0.1, -0.05) is 84.0 Å². The molecule has 0 fully saturated rings. The van der Waals surface area contributed by atoms with Crippen LogP contribution < -0.4 is 0 Å². The van der Waals surface area contributed by atoms with Crippen LogP contribution in [0.25, 0.3) is 0 Å². The van der Waals surface area contributed by atoms with Gasteiger partial charge in [0.1, 0.15) is 0 Å². The Balaban J connectivity index is 2.88. The molecule has 0 bridgehead atoms. The van der Waals surface area contributed by atoms with Gasteiger partial charge in [-0.3, -0.25) is 4.52 Å². The molecule has 0 rings (SSSR count). The molecule has 0 spiro atoms. The lowest BCUT2D eigenvalue weighted by atomic mass is 10.0. The number of rotatable bonds is 15. The van der Waals surface area contributed by atoms with Crippen LogP contribution in [0, 0.1) is 0 Å². The predicted octanol–water partition coefficient (Wildman–Crippen LogP) is 6.30. The first-order chi connectivity index (χ1) is 8.91. The Morgan fingerprint density at radius 2 is 1.06 bits per heavy atom. The molecule has 0 amide bonds. The van der Waals surface area contributed by atoms with E-state index in [4.69, 9.17) is 4.52 Å². The number of hydrogen-bond acceptors (Lipinski definition) is 2. The van der Waals surface area contributed by atoms with E-state index in [0.29, 0.717) is 6.61 Å².